The summed E-state index contributed by atoms with van der Waals surface area (Å²) in [4.78, 5) is 27.2. The number of carbonyl (C=O) groups excluding carboxylic acids is 2. The van der Waals surface area contributed by atoms with Crippen molar-refractivity contribution in [2.75, 3.05) is 19.7 Å². The summed E-state index contributed by atoms with van der Waals surface area (Å²) in [6, 6.07) is 14.2. The second-order valence-electron chi connectivity index (χ2n) is 8.40. The summed E-state index contributed by atoms with van der Waals surface area (Å²) in [6.45, 7) is 1.54. The first kappa shape index (κ1) is 20.5. The highest BCUT2D eigenvalue weighted by atomic mass is 19.1. The second-order valence-corrected chi connectivity index (χ2v) is 8.40. The highest BCUT2D eigenvalue weighted by Crippen LogP contribution is 2.35. The average Bonchev–Trinajstić information content (AvgIpc) is 3.28. The van der Waals surface area contributed by atoms with E-state index in [0.717, 1.165) is 36.0 Å². The van der Waals surface area contributed by atoms with E-state index in [0.29, 0.717) is 32.5 Å². The molecule has 4 rings (SSSR count). The molecule has 158 valence electrons. The van der Waals surface area contributed by atoms with Crippen molar-refractivity contribution in [2.24, 2.45) is 11.1 Å². The molecule has 2 saturated heterocycles. The lowest BCUT2D eigenvalue weighted by Crippen LogP contribution is -2.55. The number of likely N-dealkylation sites (tertiary alicyclic amines) is 1. The lowest BCUT2D eigenvalue weighted by molar-refractivity contribution is -0.147. The Morgan fingerprint density at radius 1 is 1.13 bits per heavy atom. The zero-order chi connectivity index (χ0) is 21.1. The third-order valence-electron chi connectivity index (χ3n) is 6.24. The highest BCUT2D eigenvalue weighted by molar-refractivity contribution is 5.85. The Balaban J connectivity index is 1.56. The normalized spacial score (nSPS) is 24.0. The minimum absolute atomic E-state index is 0.0358. The van der Waals surface area contributed by atoms with Crippen LogP contribution in [0.3, 0.4) is 0 Å². The molecule has 2 fully saturated rings. The number of ether oxygens (including phenoxy) is 1. The molecule has 2 aliphatic heterocycles. The van der Waals surface area contributed by atoms with Gasteiger partial charge in [-0.25, -0.2) is 4.39 Å². The fraction of sp³-hybridized carbons (Fsp3) is 0.417. The summed E-state index contributed by atoms with van der Waals surface area (Å²) in [5.74, 6) is -0.711. The Bertz CT molecular complexity index is 942. The predicted octanol–water partition coefficient (Wildman–Crippen LogP) is 3.31. The quantitative estimate of drug-likeness (QED) is 0.822. The van der Waals surface area contributed by atoms with Gasteiger partial charge in [0.05, 0.1) is 5.41 Å². The number of hydrogen-bond acceptors (Lipinski definition) is 3. The lowest BCUT2D eigenvalue weighted by atomic mass is 9.74. The molecule has 30 heavy (non-hydrogen) atoms. The fourth-order valence-electron chi connectivity index (χ4n) is 4.65. The van der Waals surface area contributed by atoms with Gasteiger partial charge in [0.1, 0.15) is 11.9 Å². The molecule has 2 atom stereocenters. The van der Waals surface area contributed by atoms with Crippen LogP contribution in [0.5, 0.6) is 0 Å². The Morgan fingerprint density at radius 2 is 1.90 bits per heavy atom. The minimum atomic E-state index is -0.812. The van der Waals surface area contributed by atoms with Gasteiger partial charge in [0.2, 0.25) is 5.91 Å². The smallest absolute Gasteiger partial charge is 0.251 e. The summed E-state index contributed by atoms with van der Waals surface area (Å²) in [5, 5.41) is 0. The average molecular weight is 410 g/mol. The Hall–Kier alpha value is -2.73. The van der Waals surface area contributed by atoms with E-state index in [1.807, 2.05) is 30.3 Å². The molecule has 2 aromatic rings. The molecular weight excluding hydrogens is 383 g/mol. The number of rotatable bonds is 5. The molecule has 0 aliphatic carbocycles. The van der Waals surface area contributed by atoms with Gasteiger partial charge in [0, 0.05) is 19.7 Å². The van der Waals surface area contributed by atoms with Gasteiger partial charge in [-0.1, -0.05) is 36.4 Å². The molecule has 2 heterocycles. The standard InChI is InChI=1S/C24H27FN2O3/c25-20-8-2-7-19(14-20)18-6-1-5-17(13-18)15-24(23(26)29)10-4-11-27(16-24)22(28)21-9-3-12-30-21/h1-2,5-8,13-14,21H,3-4,9-12,15-16H2,(H2,26,29)/t21-,24-/m1/s1. The maximum Gasteiger partial charge on any atom is 0.251 e. The number of nitrogens with two attached hydrogens (primary N) is 1. The molecule has 2 N–H and O–H groups in total. The van der Waals surface area contributed by atoms with E-state index in [9.17, 15) is 14.0 Å². The third-order valence-corrected chi connectivity index (χ3v) is 6.24. The zero-order valence-corrected chi connectivity index (χ0v) is 17.0. The van der Waals surface area contributed by atoms with Gasteiger partial charge >= 0.3 is 0 Å². The first-order valence-electron chi connectivity index (χ1n) is 10.5. The van der Waals surface area contributed by atoms with E-state index in [2.05, 4.69) is 0 Å². The summed E-state index contributed by atoms with van der Waals surface area (Å²) in [7, 11) is 0. The lowest BCUT2D eigenvalue weighted by Gasteiger charge is -2.41. The molecule has 2 amide bonds. The van der Waals surface area contributed by atoms with Crippen LogP contribution in [0, 0.1) is 11.2 Å². The van der Waals surface area contributed by atoms with Crippen LogP contribution in [0.25, 0.3) is 11.1 Å². The summed E-state index contributed by atoms with van der Waals surface area (Å²) in [5.41, 5.74) is 7.68. The molecule has 0 bridgehead atoms. The first-order chi connectivity index (χ1) is 14.5. The number of amides is 2. The van der Waals surface area contributed by atoms with E-state index >= 15 is 0 Å². The van der Waals surface area contributed by atoms with Crippen molar-refractivity contribution in [1.29, 1.82) is 0 Å². The van der Waals surface area contributed by atoms with Crippen LogP contribution < -0.4 is 5.73 Å². The van der Waals surface area contributed by atoms with Gasteiger partial charge < -0.3 is 15.4 Å². The van der Waals surface area contributed by atoms with Gasteiger partial charge in [-0.05, 0) is 60.9 Å². The molecule has 2 aliphatic rings. The van der Waals surface area contributed by atoms with E-state index in [4.69, 9.17) is 10.5 Å². The summed E-state index contributed by atoms with van der Waals surface area (Å²) in [6.07, 6.45) is 3.03. The van der Waals surface area contributed by atoms with Crippen molar-refractivity contribution in [3.63, 3.8) is 0 Å². The van der Waals surface area contributed by atoms with E-state index in [1.165, 1.54) is 12.1 Å². The number of piperidine rings is 1. The molecule has 0 spiro atoms. The number of hydrogen-bond donors (Lipinski definition) is 1. The Kier molecular flexibility index (Phi) is 5.86. The van der Waals surface area contributed by atoms with Gasteiger partial charge in [0.15, 0.2) is 0 Å². The van der Waals surface area contributed by atoms with Crippen LogP contribution in [0.1, 0.15) is 31.2 Å². The van der Waals surface area contributed by atoms with Crippen molar-refractivity contribution in [2.45, 2.75) is 38.2 Å². The molecule has 2 aromatic carbocycles. The van der Waals surface area contributed by atoms with Crippen LogP contribution in [0.4, 0.5) is 4.39 Å². The van der Waals surface area contributed by atoms with Gasteiger partial charge in [-0.2, -0.15) is 0 Å². The minimum Gasteiger partial charge on any atom is -0.369 e. The van der Waals surface area contributed by atoms with Crippen molar-refractivity contribution >= 4 is 11.8 Å². The number of carbonyl (C=O) groups is 2. The van der Waals surface area contributed by atoms with E-state index in [-0.39, 0.29) is 17.6 Å². The highest BCUT2D eigenvalue weighted by Gasteiger charge is 2.43. The van der Waals surface area contributed by atoms with Crippen LogP contribution >= 0.6 is 0 Å². The SMILES string of the molecule is NC(=O)[C@@]1(Cc2cccc(-c3cccc(F)c3)c2)CCCN(C(=O)[C@H]2CCCO2)C1. The fourth-order valence-corrected chi connectivity index (χ4v) is 4.65. The molecular formula is C24H27FN2O3. The molecule has 5 nitrogen and oxygen atoms in total. The largest absolute Gasteiger partial charge is 0.369 e. The van der Waals surface area contributed by atoms with Crippen LogP contribution in [0.2, 0.25) is 0 Å². The number of primary amides is 1. The number of nitrogens with zero attached hydrogens (tertiary/aromatic N) is 1. The maximum atomic E-state index is 13.6. The molecule has 0 radical (unpaired) electrons. The maximum absolute atomic E-state index is 13.6. The topological polar surface area (TPSA) is 72.6 Å². The zero-order valence-electron chi connectivity index (χ0n) is 17.0. The predicted molar refractivity (Wildman–Crippen MR) is 112 cm³/mol. The van der Waals surface area contributed by atoms with Gasteiger partial charge in [-0.3, -0.25) is 9.59 Å². The van der Waals surface area contributed by atoms with Crippen molar-refractivity contribution in [3.8, 4) is 11.1 Å². The summed E-state index contributed by atoms with van der Waals surface area (Å²) >= 11 is 0. The monoisotopic (exact) mass is 410 g/mol. The molecule has 0 saturated carbocycles. The van der Waals surface area contributed by atoms with E-state index in [1.54, 1.807) is 11.0 Å². The van der Waals surface area contributed by atoms with Gasteiger partial charge in [-0.15, -0.1) is 0 Å². The van der Waals surface area contributed by atoms with Crippen LogP contribution in [0.15, 0.2) is 48.5 Å². The van der Waals surface area contributed by atoms with Crippen LogP contribution in [-0.2, 0) is 20.7 Å². The molecule has 6 heteroatoms. The second kappa shape index (κ2) is 8.56. The molecule has 0 aromatic heterocycles. The Labute approximate surface area is 176 Å². The number of benzene rings is 2. The van der Waals surface area contributed by atoms with Crippen molar-refractivity contribution in [1.82, 2.24) is 4.90 Å². The van der Waals surface area contributed by atoms with E-state index < -0.39 is 11.5 Å². The van der Waals surface area contributed by atoms with Crippen LogP contribution in [-0.4, -0.2) is 42.5 Å². The van der Waals surface area contributed by atoms with Crippen molar-refractivity contribution < 1.29 is 18.7 Å². The Morgan fingerprint density at radius 3 is 2.60 bits per heavy atom. The summed E-state index contributed by atoms with van der Waals surface area (Å²) < 4.78 is 19.2. The molecule has 0 unspecified atom stereocenters. The number of halogens is 1. The van der Waals surface area contributed by atoms with Crippen molar-refractivity contribution in [3.05, 3.63) is 59.9 Å². The first-order valence-corrected chi connectivity index (χ1v) is 10.5. The third kappa shape index (κ3) is 4.24. The van der Waals surface area contributed by atoms with Gasteiger partial charge in [0.25, 0.3) is 5.91 Å².